The van der Waals surface area contributed by atoms with E-state index in [9.17, 15) is 4.79 Å². The van der Waals surface area contributed by atoms with Crippen LogP contribution >= 0.6 is 11.6 Å². The largest absolute Gasteiger partial charge is 0.454 e. The van der Waals surface area contributed by atoms with Crippen molar-refractivity contribution in [1.82, 2.24) is 10.2 Å². The van der Waals surface area contributed by atoms with Crippen LogP contribution in [0.1, 0.15) is 23.5 Å². The quantitative estimate of drug-likeness (QED) is 0.908. The number of nitrogens with one attached hydrogen (secondary N) is 1. The van der Waals surface area contributed by atoms with Gasteiger partial charge in [-0.1, -0.05) is 29.8 Å². The highest BCUT2D eigenvalue weighted by molar-refractivity contribution is 6.30. The topological polar surface area (TPSA) is 50.8 Å². The number of halogens is 1. The van der Waals surface area contributed by atoms with E-state index in [1.165, 1.54) is 5.56 Å². The molecule has 1 fully saturated rings. The van der Waals surface area contributed by atoms with E-state index in [0.29, 0.717) is 24.0 Å². The van der Waals surface area contributed by atoms with E-state index in [1.807, 2.05) is 41.3 Å². The average Bonchev–Trinajstić information content (AvgIpc) is 3.29. The maximum absolute atomic E-state index is 12.4. The summed E-state index contributed by atoms with van der Waals surface area (Å²) in [5.41, 5.74) is 2.22. The van der Waals surface area contributed by atoms with E-state index in [1.54, 1.807) is 0 Å². The molecule has 1 N–H and O–H groups in total. The predicted octanol–water partition coefficient (Wildman–Crippen LogP) is 3.77. The summed E-state index contributed by atoms with van der Waals surface area (Å²) >= 11 is 5.88. The fourth-order valence-corrected chi connectivity index (χ4v) is 3.40. The summed E-state index contributed by atoms with van der Waals surface area (Å²) in [4.78, 5) is 14.3. The highest BCUT2D eigenvalue weighted by Crippen LogP contribution is 2.37. The van der Waals surface area contributed by atoms with Gasteiger partial charge in [-0.15, -0.1) is 0 Å². The van der Waals surface area contributed by atoms with Crippen molar-refractivity contribution in [2.24, 2.45) is 0 Å². The van der Waals surface area contributed by atoms with Crippen LogP contribution in [-0.2, 0) is 6.54 Å². The first-order valence-corrected chi connectivity index (χ1v) is 8.73. The van der Waals surface area contributed by atoms with Crippen LogP contribution < -0.4 is 14.8 Å². The van der Waals surface area contributed by atoms with Crippen molar-refractivity contribution in [3.05, 3.63) is 58.6 Å². The minimum Gasteiger partial charge on any atom is -0.454 e. The zero-order valence-corrected chi connectivity index (χ0v) is 14.5. The minimum absolute atomic E-state index is 0.0295. The number of hydrogen-bond acceptors (Lipinski definition) is 3. The maximum atomic E-state index is 12.4. The van der Waals surface area contributed by atoms with Crippen molar-refractivity contribution in [2.45, 2.75) is 18.9 Å². The molecule has 5 nitrogen and oxygen atoms in total. The van der Waals surface area contributed by atoms with E-state index in [4.69, 9.17) is 21.1 Å². The standard InChI is InChI=1S/C19H19ClN2O3/c20-16-4-1-13(2-5-16)10-21-19(23)22-8-7-15(11-22)14-3-6-17-18(9-14)25-12-24-17/h1-6,9,15H,7-8,10-12H2,(H,21,23)/t15-/m0/s1. The summed E-state index contributed by atoms with van der Waals surface area (Å²) in [6.45, 7) is 2.25. The van der Waals surface area contributed by atoms with Gasteiger partial charge in [-0.05, 0) is 41.8 Å². The molecule has 2 aromatic rings. The van der Waals surface area contributed by atoms with Gasteiger partial charge in [0.25, 0.3) is 0 Å². The van der Waals surface area contributed by atoms with Crippen LogP contribution in [0.3, 0.4) is 0 Å². The highest BCUT2D eigenvalue weighted by Gasteiger charge is 2.28. The third kappa shape index (κ3) is 3.51. The second-order valence-corrected chi connectivity index (χ2v) is 6.77. The predicted molar refractivity (Wildman–Crippen MR) is 95.2 cm³/mol. The van der Waals surface area contributed by atoms with Gasteiger partial charge in [-0.2, -0.15) is 0 Å². The molecule has 6 heteroatoms. The molecule has 0 spiro atoms. The molecular weight excluding hydrogens is 340 g/mol. The van der Waals surface area contributed by atoms with Crippen LogP contribution in [0.5, 0.6) is 11.5 Å². The second kappa shape index (κ2) is 6.84. The zero-order valence-electron chi connectivity index (χ0n) is 13.7. The molecular formula is C19H19ClN2O3. The van der Waals surface area contributed by atoms with E-state index >= 15 is 0 Å². The van der Waals surface area contributed by atoms with Crippen molar-refractivity contribution in [1.29, 1.82) is 0 Å². The molecule has 2 heterocycles. The first kappa shape index (κ1) is 16.1. The Morgan fingerprint density at radius 3 is 2.80 bits per heavy atom. The van der Waals surface area contributed by atoms with E-state index in [-0.39, 0.29) is 12.8 Å². The number of benzene rings is 2. The number of likely N-dealkylation sites (tertiary alicyclic amines) is 1. The van der Waals surface area contributed by atoms with Gasteiger partial charge in [0.05, 0.1) is 0 Å². The molecule has 0 aliphatic carbocycles. The van der Waals surface area contributed by atoms with Crippen molar-refractivity contribution in [3.63, 3.8) is 0 Å². The summed E-state index contributed by atoms with van der Waals surface area (Å²) in [6.07, 6.45) is 0.952. The fraction of sp³-hybridized carbons (Fsp3) is 0.316. The minimum atomic E-state index is -0.0295. The van der Waals surface area contributed by atoms with Crippen molar-refractivity contribution >= 4 is 17.6 Å². The van der Waals surface area contributed by atoms with Gasteiger partial charge in [0, 0.05) is 30.6 Å². The normalized spacial score (nSPS) is 18.4. The van der Waals surface area contributed by atoms with E-state index in [2.05, 4.69) is 11.4 Å². The Bertz CT molecular complexity index is 779. The Morgan fingerprint density at radius 2 is 1.96 bits per heavy atom. The zero-order chi connectivity index (χ0) is 17.2. The summed E-state index contributed by atoms with van der Waals surface area (Å²) in [7, 11) is 0. The molecule has 2 aliphatic heterocycles. The number of fused-ring (bicyclic) bond motifs is 1. The number of urea groups is 1. The molecule has 0 bridgehead atoms. The Morgan fingerprint density at radius 1 is 1.16 bits per heavy atom. The van der Waals surface area contributed by atoms with Crippen molar-refractivity contribution in [2.75, 3.05) is 19.9 Å². The number of carbonyl (C=O) groups excluding carboxylic acids is 1. The molecule has 0 radical (unpaired) electrons. The Balaban J connectivity index is 1.34. The lowest BCUT2D eigenvalue weighted by atomic mass is 9.98. The third-order valence-corrected chi connectivity index (χ3v) is 4.95. The van der Waals surface area contributed by atoms with Crippen LogP contribution in [0.2, 0.25) is 5.02 Å². The van der Waals surface area contributed by atoms with E-state index in [0.717, 1.165) is 30.0 Å². The van der Waals surface area contributed by atoms with Gasteiger partial charge >= 0.3 is 6.03 Å². The van der Waals surface area contributed by atoms with Crippen LogP contribution in [0.15, 0.2) is 42.5 Å². The molecule has 1 saturated heterocycles. The molecule has 0 unspecified atom stereocenters. The second-order valence-electron chi connectivity index (χ2n) is 6.33. The van der Waals surface area contributed by atoms with Gasteiger partial charge in [0.2, 0.25) is 6.79 Å². The smallest absolute Gasteiger partial charge is 0.317 e. The first-order valence-electron chi connectivity index (χ1n) is 8.36. The number of ether oxygens (including phenoxy) is 2. The van der Waals surface area contributed by atoms with Gasteiger partial charge in [-0.3, -0.25) is 0 Å². The molecule has 2 aromatic carbocycles. The molecule has 2 amide bonds. The summed E-state index contributed by atoms with van der Waals surface area (Å²) in [5, 5.41) is 3.67. The number of carbonyl (C=O) groups is 1. The molecule has 4 rings (SSSR count). The number of rotatable bonds is 3. The van der Waals surface area contributed by atoms with Crippen LogP contribution in [0.4, 0.5) is 4.79 Å². The molecule has 2 aliphatic rings. The lowest BCUT2D eigenvalue weighted by Gasteiger charge is -2.18. The SMILES string of the molecule is O=C(NCc1ccc(Cl)cc1)N1CC[C@H](c2ccc3c(c2)OCO3)C1. The molecule has 0 aromatic heterocycles. The Hall–Kier alpha value is -2.40. The van der Waals surface area contributed by atoms with Crippen molar-refractivity contribution in [3.8, 4) is 11.5 Å². The first-order chi connectivity index (χ1) is 12.2. The summed E-state index contributed by atoms with van der Waals surface area (Å²) in [5.74, 6) is 1.92. The fourth-order valence-electron chi connectivity index (χ4n) is 3.28. The van der Waals surface area contributed by atoms with Crippen LogP contribution in [0, 0.1) is 0 Å². The lowest BCUT2D eigenvalue weighted by Crippen LogP contribution is -2.37. The number of hydrogen-bond donors (Lipinski definition) is 1. The molecule has 1 atom stereocenters. The third-order valence-electron chi connectivity index (χ3n) is 4.70. The molecule has 130 valence electrons. The summed E-state index contributed by atoms with van der Waals surface area (Å²) in [6, 6.07) is 13.5. The Kier molecular flexibility index (Phi) is 4.40. The number of amides is 2. The maximum Gasteiger partial charge on any atom is 0.317 e. The van der Waals surface area contributed by atoms with Gasteiger partial charge in [0.15, 0.2) is 11.5 Å². The van der Waals surface area contributed by atoms with Crippen molar-refractivity contribution < 1.29 is 14.3 Å². The van der Waals surface area contributed by atoms with Crippen LogP contribution in [-0.4, -0.2) is 30.8 Å². The summed E-state index contributed by atoms with van der Waals surface area (Å²) < 4.78 is 10.8. The molecule has 0 saturated carbocycles. The monoisotopic (exact) mass is 358 g/mol. The van der Waals surface area contributed by atoms with Gasteiger partial charge in [0.1, 0.15) is 0 Å². The lowest BCUT2D eigenvalue weighted by molar-refractivity contribution is 0.174. The highest BCUT2D eigenvalue weighted by atomic mass is 35.5. The van der Waals surface area contributed by atoms with E-state index < -0.39 is 0 Å². The average molecular weight is 359 g/mol. The van der Waals surface area contributed by atoms with Crippen LogP contribution in [0.25, 0.3) is 0 Å². The molecule has 25 heavy (non-hydrogen) atoms. The Labute approximate surface area is 151 Å². The number of nitrogens with zero attached hydrogens (tertiary/aromatic N) is 1. The van der Waals surface area contributed by atoms with Gasteiger partial charge in [-0.25, -0.2) is 4.79 Å². The van der Waals surface area contributed by atoms with Gasteiger partial charge < -0.3 is 19.7 Å².